The van der Waals surface area contributed by atoms with Gasteiger partial charge in [0.25, 0.3) is 0 Å². The van der Waals surface area contributed by atoms with E-state index >= 15 is 0 Å². The third-order valence-electron chi connectivity index (χ3n) is 4.04. The summed E-state index contributed by atoms with van der Waals surface area (Å²) in [5.41, 5.74) is 2.92. The fraction of sp³-hybridized carbons (Fsp3) is 1.00. The molecule has 0 aliphatic rings. The van der Waals surface area contributed by atoms with Gasteiger partial charge in [-0.2, -0.15) is 0 Å². The summed E-state index contributed by atoms with van der Waals surface area (Å²) in [7, 11) is -0.813. The second-order valence-electron chi connectivity index (χ2n) is 7.83. The molecule has 0 nitrogen and oxygen atoms in total. The molecule has 0 aromatic rings. The van der Waals surface area contributed by atoms with E-state index in [1.807, 2.05) is 0 Å². The summed E-state index contributed by atoms with van der Waals surface area (Å²) >= 11 is 0. The Bertz CT molecular complexity index is 162. The Morgan fingerprint density at radius 2 is 0.833 bits per heavy atom. The van der Waals surface area contributed by atoms with Gasteiger partial charge in [0, 0.05) is 17.6 Å². The first-order valence-electron chi connectivity index (χ1n) is 7.41. The van der Waals surface area contributed by atoms with Crippen molar-refractivity contribution in [2.24, 2.45) is 0 Å². The topological polar surface area (TPSA) is 0 Å². The maximum Gasteiger partial charge on any atom is 0.0445 e. The molecule has 0 N–H and O–H groups in total. The van der Waals surface area contributed by atoms with Crippen LogP contribution >= 0.6 is 12.4 Å². The molecule has 0 amide bonds. The van der Waals surface area contributed by atoms with Crippen molar-refractivity contribution in [2.45, 2.75) is 97.1 Å². The molecule has 0 saturated carbocycles. The smallest absolute Gasteiger partial charge is 0.0445 e. The van der Waals surface area contributed by atoms with Gasteiger partial charge in [-0.25, -0.2) is 0 Å². The van der Waals surface area contributed by atoms with Crippen molar-refractivity contribution >= 4 is 30.0 Å². The zero-order chi connectivity index (χ0) is 14.4. The van der Waals surface area contributed by atoms with Gasteiger partial charge >= 0.3 is 0 Å². The summed E-state index contributed by atoms with van der Waals surface area (Å²) < 4.78 is 0. The molecular weight excluding hydrogens is 272 g/mol. The number of halogens is 1. The lowest BCUT2D eigenvalue weighted by Crippen LogP contribution is -2.24. The molecule has 3 heteroatoms. The average Bonchev–Trinajstić information content (AvgIpc) is 1.99. The van der Waals surface area contributed by atoms with Crippen LogP contribution in [0.5, 0.6) is 0 Å². The van der Waals surface area contributed by atoms with E-state index in [0.29, 0.717) is 5.04 Å². The van der Waals surface area contributed by atoms with Crippen LogP contribution in [0.3, 0.4) is 0 Å². The maximum absolute atomic E-state index is 2.39. The highest BCUT2D eigenvalue weighted by atomic mass is 35.5. The van der Waals surface area contributed by atoms with Gasteiger partial charge in [0.05, 0.1) is 0 Å². The van der Waals surface area contributed by atoms with Crippen LogP contribution in [-0.4, -0.2) is 17.6 Å². The molecule has 0 saturated heterocycles. The Hall–Kier alpha value is 0.724. The minimum absolute atomic E-state index is 0. The zero-order valence-electron chi connectivity index (χ0n) is 14.8. The van der Waals surface area contributed by atoms with Crippen molar-refractivity contribution in [2.75, 3.05) is 0 Å². The third kappa shape index (κ3) is 11.8. The Balaban J connectivity index is -0.000000251. The second kappa shape index (κ2) is 10.5. The molecule has 114 valence electrons. The standard InChI is InChI=1S/C9H22Si.C6H16Si.ClH/c1-7(2)10(8(3)4)9(5)6;1-6(2,3)7(4)5;/h7-10H,1-6H3;7H,1-5H3;1H. The Morgan fingerprint density at radius 3 is 0.833 bits per heavy atom. The van der Waals surface area contributed by atoms with Gasteiger partial charge in [0.15, 0.2) is 0 Å². The van der Waals surface area contributed by atoms with Crippen molar-refractivity contribution in [3.8, 4) is 0 Å². The van der Waals surface area contributed by atoms with Crippen LogP contribution in [0, 0.1) is 0 Å². The Morgan fingerprint density at radius 1 is 0.667 bits per heavy atom. The summed E-state index contributed by atoms with van der Waals surface area (Å²) in [6.45, 7) is 26.1. The van der Waals surface area contributed by atoms with Crippen LogP contribution in [0.2, 0.25) is 34.8 Å². The minimum atomic E-state index is -0.454. The highest BCUT2D eigenvalue weighted by Gasteiger charge is 2.22. The molecule has 0 heterocycles. The molecule has 0 spiro atoms. The van der Waals surface area contributed by atoms with Crippen molar-refractivity contribution in [1.29, 1.82) is 0 Å². The summed E-state index contributed by atoms with van der Waals surface area (Å²) in [6.07, 6.45) is 0. The largest absolute Gasteiger partial charge is 0.147 e. The molecule has 0 atom stereocenters. The predicted octanol–water partition coefficient (Wildman–Crippen LogP) is 6.14. The zero-order valence-corrected chi connectivity index (χ0v) is 17.9. The van der Waals surface area contributed by atoms with E-state index in [1.165, 1.54) is 0 Å². The van der Waals surface area contributed by atoms with Crippen LogP contribution in [0.15, 0.2) is 0 Å². The van der Waals surface area contributed by atoms with E-state index in [9.17, 15) is 0 Å². The summed E-state index contributed by atoms with van der Waals surface area (Å²) in [5.74, 6) is 0. The third-order valence-corrected chi connectivity index (χ3v) is 12.1. The van der Waals surface area contributed by atoms with Crippen LogP contribution in [-0.2, 0) is 0 Å². The molecule has 0 fully saturated rings. The molecule has 0 aliphatic heterocycles. The monoisotopic (exact) mass is 310 g/mol. The molecule has 0 aromatic carbocycles. The lowest BCUT2D eigenvalue weighted by molar-refractivity contribution is 0.742. The quantitative estimate of drug-likeness (QED) is 0.549. The van der Waals surface area contributed by atoms with Gasteiger partial charge in [-0.15, -0.1) is 12.4 Å². The van der Waals surface area contributed by atoms with E-state index < -0.39 is 8.80 Å². The number of hydrogen-bond acceptors (Lipinski definition) is 0. The normalized spacial score (nSPS) is 12.0. The van der Waals surface area contributed by atoms with Crippen LogP contribution in [0.4, 0.5) is 0 Å². The highest BCUT2D eigenvalue weighted by molar-refractivity contribution is 6.63. The van der Waals surface area contributed by atoms with E-state index in [-0.39, 0.29) is 21.2 Å². The van der Waals surface area contributed by atoms with Crippen molar-refractivity contribution in [3.63, 3.8) is 0 Å². The van der Waals surface area contributed by atoms with Gasteiger partial charge in [-0.05, 0) is 5.04 Å². The lowest BCUT2D eigenvalue weighted by atomic mass is 10.2. The predicted molar refractivity (Wildman–Crippen MR) is 98.3 cm³/mol. The number of hydrogen-bond donors (Lipinski definition) is 0. The fourth-order valence-corrected chi connectivity index (χ4v) is 6.93. The number of rotatable bonds is 3. The molecule has 0 aromatic heterocycles. The van der Waals surface area contributed by atoms with Gasteiger partial charge in [0.2, 0.25) is 0 Å². The molecule has 0 unspecified atom stereocenters. The van der Waals surface area contributed by atoms with Gasteiger partial charge in [-0.3, -0.25) is 0 Å². The summed E-state index contributed by atoms with van der Waals surface area (Å²) in [6, 6.07) is 0. The molecular formula is C15H39ClSi2. The van der Waals surface area contributed by atoms with Gasteiger partial charge in [-0.1, -0.05) is 92.0 Å². The van der Waals surface area contributed by atoms with Crippen molar-refractivity contribution in [3.05, 3.63) is 0 Å². The summed E-state index contributed by atoms with van der Waals surface area (Å²) in [4.78, 5) is 0. The van der Waals surface area contributed by atoms with Crippen molar-refractivity contribution < 1.29 is 0 Å². The first kappa shape index (κ1) is 23.8. The summed E-state index contributed by atoms with van der Waals surface area (Å²) in [5, 5.41) is 0.639. The van der Waals surface area contributed by atoms with Crippen LogP contribution in [0.1, 0.15) is 62.3 Å². The average molecular weight is 311 g/mol. The first-order valence-corrected chi connectivity index (χ1v) is 12.3. The minimum Gasteiger partial charge on any atom is -0.147 e. The second-order valence-corrected chi connectivity index (χ2v) is 17.0. The van der Waals surface area contributed by atoms with E-state index in [2.05, 4.69) is 75.4 Å². The highest BCUT2D eigenvalue weighted by Crippen LogP contribution is 2.29. The Kier molecular flexibility index (Phi) is 13.9. The van der Waals surface area contributed by atoms with Crippen molar-refractivity contribution in [1.82, 2.24) is 0 Å². The first-order chi connectivity index (χ1) is 7.41. The molecule has 0 bridgehead atoms. The van der Waals surface area contributed by atoms with Crippen LogP contribution in [0.25, 0.3) is 0 Å². The van der Waals surface area contributed by atoms with Gasteiger partial charge in [0.1, 0.15) is 0 Å². The Labute approximate surface area is 127 Å². The molecule has 0 radical (unpaired) electrons. The van der Waals surface area contributed by atoms with Gasteiger partial charge < -0.3 is 0 Å². The molecule has 0 aliphatic carbocycles. The molecule has 18 heavy (non-hydrogen) atoms. The van der Waals surface area contributed by atoms with E-state index in [0.717, 1.165) is 16.6 Å². The SMILES string of the molecule is CC(C)[SiH](C(C)C)C(C)C.C[SiH](C)C(C)(C)C.Cl. The van der Waals surface area contributed by atoms with E-state index in [4.69, 9.17) is 0 Å². The van der Waals surface area contributed by atoms with E-state index in [1.54, 1.807) is 0 Å². The van der Waals surface area contributed by atoms with Crippen LogP contribution < -0.4 is 0 Å². The maximum atomic E-state index is 2.39. The fourth-order valence-electron chi connectivity index (χ4n) is 2.31. The molecule has 0 rings (SSSR count). The lowest BCUT2D eigenvalue weighted by Gasteiger charge is -2.26.